The van der Waals surface area contributed by atoms with Crippen molar-refractivity contribution < 1.29 is 24.2 Å². The van der Waals surface area contributed by atoms with Gasteiger partial charge in [-0.05, 0) is 48.9 Å². The number of hydrogen-bond acceptors (Lipinski definition) is 5. The second kappa shape index (κ2) is 8.72. The Labute approximate surface area is 157 Å². The van der Waals surface area contributed by atoms with Gasteiger partial charge in [0.25, 0.3) is 5.91 Å². The predicted molar refractivity (Wildman–Crippen MR) is 97.4 cm³/mol. The number of carboxylic acids is 1. The standard InChI is InChI=1S/C20H20N2O5/c1-20(11-19(24)25,15-4-3-5-17(10-15)26-2)22-18(23)13-27-16-8-6-14(12-21)7-9-16/h3-10H,11,13H2,1-2H3,(H,22,23)(H,24,25). The van der Waals surface area contributed by atoms with Crippen LogP contribution in [0.3, 0.4) is 0 Å². The predicted octanol–water partition coefficient (Wildman–Crippen LogP) is 2.45. The quantitative estimate of drug-likeness (QED) is 0.741. The van der Waals surface area contributed by atoms with Gasteiger partial charge in [0.2, 0.25) is 0 Å². The van der Waals surface area contributed by atoms with Crippen LogP contribution in [0.25, 0.3) is 0 Å². The summed E-state index contributed by atoms with van der Waals surface area (Å²) < 4.78 is 10.6. The van der Waals surface area contributed by atoms with Crippen molar-refractivity contribution in [3.63, 3.8) is 0 Å². The van der Waals surface area contributed by atoms with Crippen LogP contribution in [0.1, 0.15) is 24.5 Å². The zero-order valence-corrected chi connectivity index (χ0v) is 15.1. The SMILES string of the molecule is COc1cccc(C(C)(CC(=O)O)NC(=O)COc2ccc(C#N)cc2)c1. The molecule has 0 aliphatic carbocycles. The molecule has 0 spiro atoms. The van der Waals surface area contributed by atoms with Gasteiger partial charge >= 0.3 is 5.97 Å². The van der Waals surface area contributed by atoms with Crippen LogP contribution in [0, 0.1) is 11.3 Å². The molecule has 27 heavy (non-hydrogen) atoms. The van der Waals surface area contributed by atoms with E-state index in [0.29, 0.717) is 22.6 Å². The van der Waals surface area contributed by atoms with Gasteiger partial charge in [0.15, 0.2) is 6.61 Å². The van der Waals surface area contributed by atoms with E-state index in [4.69, 9.17) is 14.7 Å². The molecule has 2 aromatic carbocycles. The number of carboxylic acid groups (broad SMARTS) is 1. The number of amides is 1. The van der Waals surface area contributed by atoms with Gasteiger partial charge in [0.1, 0.15) is 11.5 Å². The molecule has 0 heterocycles. The van der Waals surface area contributed by atoms with E-state index in [1.165, 1.54) is 7.11 Å². The van der Waals surface area contributed by atoms with E-state index in [0.717, 1.165) is 0 Å². The van der Waals surface area contributed by atoms with Crippen LogP contribution in [0.15, 0.2) is 48.5 Å². The van der Waals surface area contributed by atoms with Crippen LogP contribution in [0.4, 0.5) is 0 Å². The second-order valence-electron chi connectivity index (χ2n) is 6.11. The number of carbonyl (C=O) groups is 2. The maximum absolute atomic E-state index is 12.4. The summed E-state index contributed by atoms with van der Waals surface area (Å²) in [5.41, 5.74) is -0.0410. The number of nitrogens with zero attached hydrogens (tertiary/aromatic N) is 1. The third-order valence-corrected chi connectivity index (χ3v) is 3.98. The lowest BCUT2D eigenvalue weighted by atomic mass is 9.88. The lowest BCUT2D eigenvalue weighted by Gasteiger charge is -2.30. The Hall–Kier alpha value is -3.53. The van der Waals surface area contributed by atoms with Crippen molar-refractivity contribution >= 4 is 11.9 Å². The van der Waals surface area contributed by atoms with Crippen LogP contribution in [0.5, 0.6) is 11.5 Å². The molecule has 1 atom stereocenters. The molecule has 2 N–H and O–H groups in total. The Morgan fingerprint density at radius 1 is 1.19 bits per heavy atom. The van der Waals surface area contributed by atoms with Gasteiger partial charge in [-0.3, -0.25) is 9.59 Å². The lowest BCUT2D eigenvalue weighted by molar-refractivity contribution is -0.139. The lowest BCUT2D eigenvalue weighted by Crippen LogP contribution is -2.46. The number of benzene rings is 2. The number of ether oxygens (including phenoxy) is 2. The molecule has 2 aromatic rings. The fraction of sp³-hybridized carbons (Fsp3) is 0.250. The molecule has 0 radical (unpaired) electrons. The molecule has 0 saturated heterocycles. The van der Waals surface area contributed by atoms with Gasteiger partial charge in [0, 0.05) is 0 Å². The third kappa shape index (κ3) is 5.47. The van der Waals surface area contributed by atoms with Crippen molar-refractivity contribution in [3.8, 4) is 17.6 Å². The maximum Gasteiger partial charge on any atom is 0.306 e. The van der Waals surface area contributed by atoms with Crippen molar-refractivity contribution in [1.82, 2.24) is 5.32 Å². The topological polar surface area (TPSA) is 109 Å². The third-order valence-electron chi connectivity index (χ3n) is 3.98. The van der Waals surface area contributed by atoms with E-state index in [2.05, 4.69) is 5.32 Å². The summed E-state index contributed by atoms with van der Waals surface area (Å²) in [7, 11) is 1.51. The summed E-state index contributed by atoms with van der Waals surface area (Å²) in [6, 6.07) is 15.2. The molecule has 0 bridgehead atoms. The van der Waals surface area contributed by atoms with Crippen LogP contribution in [-0.2, 0) is 15.1 Å². The number of nitrogens with one attached hydrogen (secondary N) is 1. The Kier molecular flexibility index (Phi) is 6.39. The first-order valence-corrected chi connectivity index (χ1v) is 8.16. The monoisotopic (exact) mass is 368 g/mol. The number of methoxy groups -OCH3 is 1. The first kappa shape index (κ1) is 19.8. The fourth-order valence-corrected chi connectivity index (χ4v) is 2.61. The number of rotatable bonds is 8. The summed E-state index contributed by atoms with van der Waals surface area (Å²) in [6.45, 7) is 1.35. The molecule has 1 amide bonds. The van der Waals surface area contributed by atoms with Gasteiger partial charge in [0.05, 0.1) is 30.7 Å². The molecule has 0 fully saturated rings. The minimum atomic E-state index is -1.13. The fourth-order valence-electron chi connectivity index (χ4n) is 2.61. The zero-order valence-electron chi connectivity index (χ0n) is 15.1. The Bertz CT molecular complexity index is 857. The van der Waals surface area contributed by atoms with Crippen LogP contribution in [-0.4, -0.2) is 30.7 Å². The van der Waals surface area contributed by atoms with Crippen LogP contribution < -0.4 is 14.8 Å². The molecular weight excluding hydrogens is 348 g/mol. The highest BCUT2D eigenvalue weighted by atomic mass is 16.5. The van der Waals surface area contributed by atoms with Gasteiger partial charge < -0.3 is 19.9 Å². The molecular formula is C20H20N2O5. The summed E-state index contributed by atoms with van der Waals surface area (Å²) in [5, 5.41) is 20.8. The van der Waals surface area contributed by atoms with Gasteiger partial charge in [-0.1, -0.05) is 12.1 Å². The Morgan fingerprint density at radius 2 is 1.89 bits per heavy atom. The highest BCUT2D eigenvalue weighted by Gasteiger charge is 2.32. The molecule has 0 saturated carbocycles. The van der Waals surface area contributed by atoms with E-state index in [-0.39, 0.29) is 13.0 Å². The largest absolute Gasteiger partial charge is 0.497 e. The highest BCUT2D eigenvalue weighted by Crippen LogP contribution is 2.28. The van der Waals surface area contributed by atoms with Crippen molar-refractivity contribution in [3.05, 3.63) is 59.7 Å². The molecule has 0 aliphatic rings. The molecule has 1 unspecified atom stereocenters. The van der Waals surface area contributed by atoms with E-state index >= 15 is 0 Å². The minimum absolute atomic E-state index is 0.287. The smallest absolute Gasteiger partial charge is 0.306 e. The van der Waals surface area contributed by atoms with E-state index in [9.17, 15) is 14.7 Å². The average Bonchev–Trinajstić information content (AvgIpc) is 2.66. The molecule has 0 aliphatic heterocycles. The maximum atomic E-state index is 12.4. The number of carbonyl (C=O) groups excluding carboxylic acids is 1. The Balaban J connectivity index is 2.10. The van der Waals surface area contributed by atoms with E-state index < -0.39 is 17.4 Å². The average molecular weight is 368 g/mol. The van der Waals surface area contributed by atoms with Gasteiger partial charge in [-0.15, -0.1) is 0 Å². The van der Waals surface area contributed by atoms with Crippen molar-refractivity contribution in [2.24, 2.45) is 0 Å². The second-order valence-corrected chi connectivity index (χ2v) is 6.11. The van der Waals surface area contributed by atoms with Crippen molar-refractivity contribution in [2.75, 3.05) is 13.7 Å². The molecule has 0 aromatic heterocycles. The van der Waals surface area contributed by atoms with E-state index in [1.54, 1.807) is 55.5 Å². The van der Waals surface area contributed by atoms with Crippen LogP contribution in [0.2, 0.25) is 0 Å². The normalized spacial score (nSPS) is 12.3. The Morgan fingerprint density at radius 3 is 2.48 bits per heavy atom. The highest BCUT2D eigenvalue weighted by molar-refractivity contribution is 5.80. The number of hydrogen-bond donors (Lipinski definition) is 2. The summed E-state index contributed by atoms with van der Waals surface area (Å²) in [5.74, 6) is -0.516. The molecule has 7 heteroatoms. The summed E-state index contributed by atoms with van der Waals surface area (Å²) in [4.78, 5) is 23.7. The van der Waals surface area contributed by atoms with Gasteiger partial charge in [-0.2, -0.15) is 5.26 Å². The molecule has 7 nitrogen and oxygen atoms in total. The molecule has 2 rings (SSSR count). The minimum Gasteiger partial charge on any atom is -0.497 e. The first-order valence-electron chi connectivity index (χ1n) is 8.16. The number of aliphatic carboxylic acids is 1. The van der Waals surface area contributed by atoms with Crippen molar-refractivity contribution in [1.29, 1.82) is 5.26 Å². The van der Waals surface area contributed by atoms with E-state index in [1.807, 2.05) is 6.07 Å². The number of nitriles is 1. The molecule has 140 valence electrons. The van der Waals surface area contributed by atoms with Gasteiger partial charge in [-0.25, -0.2) is 0 Å². The summed E-state index contributed by atoms with van der Waals surface area (Å²) in [6.07, 6.45) is -0.303. The summed E-state index contributed by atoms with van der Waals surface area (Å²) >= 11 is 0. The zero-order chi connectivity index (χ0) is 19.9. The first-order chi connectivity index (χ1) is 12.9. The van der Waals surface area contributed by atoms with Crippen molar-refractivity contribution in [2.45, 2.75) is 18.9 Å². The van der Waals surface area contributed by atoms with Crippen LogP contribution >= 0.6 is 0 Å².